The molecule has 1 heterocycles. The number of fused-ring (bicyclic) bond motifs is 1. The summed E-state index contributed by atoms with van der Waals surface area (Å²) in [4.78, 5) is 25.8. The third-order valence-electron chi connectivity index (χ3n) is 2.34. The molecular weight excluding hydrogens is 210 g/mol. The van der Waals surface area contributed by atoms with E-state index < -0.39 is 11.9 Å². The molecule has 5 nitrogen and oxygen atoms in total. The summed E-state index contributed by atoms with van der Waals surface area (Å²) < 4.78 is 5.08. The molecule has 0 bridgehead atoms. The summed E-state index contributed by atoms with van der Waals surface area (Å²) in [7, 11) is 1.55. The van der Waals surface area contributed by atoms with Crippen LogP contribution in [0, 0.1) is 0 Å². The van der Waals surface area contributed by atoms with E-state index in [9.17, 15) is 9.59 Å². The highest BCUT2D eigenvalue weighted by atomic mass is 16.5. The summed E-state index contributed by atoms with van der Waals surface area (Å²) in [6, 6.07) is 0. The lowest BCUT2D eigenvalue weighted by Crippen LogP contribution is -2.21. The highest BCUT2D eigenvalue weighted by Crippen LogP contribution is 2.20. The second-order valence-corrected chi connectivity index (χ2v) is 3.35. The Balaban J connectivity index is 2.41. The fraction of sp³-hybridized carbons (Fsp3) is 0.182. The fourth-order valence-electron chi connectivity index (χ4n) is 1.51. The van der Waals surface area contributed by atoms with Crippen molar-refractivity contribution in [3.05, 3.63) is 35.5 Å². The molecule has 0 radical (unpaired) electrons. The van der Waals surface area contributed by atoms with Gasteiger partial charge in [0.1, 0.15) is 5.57 Å². The molecule has 1 N–H and O–H groups in total. The molecule has 1 atom stereocenters. The maximum Gasteiger partial charge on any atom is 0.341 e. The van der Waals surface area contributed by atoms with Crippen molar-refractivity contribution >= 4 is 17.6 Å². The number of dihydropyridines is 1. The number of rotatable bonds is 2. The van der Waals surface area contributed by atoms with Crippen LogP contribution in [0.15, 0.2) is 40.4 Å². The van der Waals surface area contributed by atoms with E-state index in [1.165, 1.54) is 6.08 Å². The first-order valence-corrected chi connectivity index (χ1v) is 4.63. The summed E-state index contributed by atoms with van der Waals surface area (Å²) in [6.45, 7) is 0. The van der Waals surface area contributed by atoms with Crippen LogP contribution in [0.3, 0.4) is 0 Å². The van der Waals surface area contributed by atoms with E-state index >= 15 is 0 Å². The minimum Gasteiger partial charge on any atom is -0.477 e. The molecule has 0 saturated carbocycles. The second-order valence-electron chi connectivity index (χ2n) is 3.35. The van der Waals surface area contributed by atoms with Gasteiger partial charge in [-0.15, -0.1) is 0 Å². The highest BCUT2D eigenvalue weighted by Gasteiger charge is 2.25. The van der Waals surface area contributed by atoms with E-state index in [1.807, 2.05) is 0 Å². The van der Waals surface area contributed by atoms with Crippen LogP contribution >= 0.6 is 0 Å². The third-order valence-corrected chi connectivity index (χ3v) is 2.34. The maximum atomic E-state index is 11.3. The van der Waals surface area contributed by atoms with Gasteiger partial charge >= 0.3 is 5.97 Å². The molecule has 1 unspecified atom stereocenters. The van der Waals surface area contributed by atoms with Gasteiger partial charge in [-0.2, -0.15) is 0 Å². The molecule has 1 amide bonds. The second kappa shape index (κ2) is 3.86. The molecule has 2 aliphatic rings. The number of hydrogen-bond acceptors (Lipinski definition) is 3. The SMILES string of the molecule is COC1C=CC2=NC(=O)C(C(=O)O)=CC2=C1. The zero-order valence-corrected chi connectivity index (χ0v) is 8.51. The average molecular weight is 219 g/mol. The van der Waals surface area contributed by atoms with Gasteiger partial charge in [0.15, 0.2) is 0 Å². The summed E-state index contributed by atoms with van der Waals surface area (Å²) >= 11 is 0. The molecule has 0 aromatic heterocycles. The number of carboxylic acids is 1. The highest BCUT2D eigenvalue weighted by molar-refractivity contribution is 6.27. The Morgan fingerprint density at radius 3 is 2.94 bits per heavy atom. The third kappa shape index (κ3) is 1.72. The number of carboxylic acid groups (broad SMARTS) is 1. The van der Waals surface area contributed by atoms with Crippen molar-refractivity contribution in [1.82, 2.24) is 0 Å². The Morgan fingerprint density at radius 1 is 1.56 bits per heavy atom. The predicted molar refractivity (Wildman–Crippen MR) is 56.2 cm³/mol. The first-order valence-electron chi connectivity index (χ1n) is 4.63. The van der Waals surface area contributed by atoms with Crippen molar-refractivity contribution in [2.24, 2.45) is 4.99 Å². The lowest BCUT2D eigenvalue weighted by atomic mass is 9.96. The molecule has 0 fully saturated rings. The fourth-order valence-corrected chi connectivity index (χ4v) is 1.51. The van der Waals surface area contributed by atoms with E-state index in [0.29, 0.717) is 11.3 Å². The van der Waals surface area contributed by atoms with Gasteiger partial charge in [0.25, 0.3) is 5.91 Å². The van der Waals surface area contributed by atoms with E-state index in [4.69, 9.17) is 9.84 Å². The lowest BCUT2D eigenvalue weighted by molar-refractivity contribution is -0.134. The largest absolute Gasteiger partial charge is 0.477 e. The first-order chi connectivity index (χ1) is 7.61. The van der Waals surface area contributed by atoms with Gasteiger partial charge in [-0.1, -0.05) is 0 Å². The van der Waals surface area contributed by atoms with Gasteiger partial charge in [-0.25, -0.2) is 9.79 Å². The van der Waals surface area contributed by atoms with Gasteiger partial charge < -0.3 is 9.84 Å². The summed E-state index contributed by atoms with van der Waals surface area (Å²) in [6.07, 6.45) is 6.22. The Bertz CT molecular complexity index is 482. The number of allylic oxidation sites excluding steroid dienone is 3. The molecule has 1 aliphatic heterocycles. The summed E-state index contributed by atoms with van der Waals surface area (Å²) in [5.74, 6) is -1.99. The monoisotopic (exact) mass is 219 g/mol. The Hall–Kier alpha value is -2.01. The van der Waals surface area contributed by atoms with Crippen LogP contribution in [0.5, 0.6) is 0 Å². The predicted octanol–water partition coefficient (Wildman–Crippen LogP) is 0.490. The number of nitrogens with zero attached hydrogens (tertiary/aromatic N) is 1. The maximum absolute atomic E-state index is 11.3. The van der Waals surface area contributed by atoms with Gasteiger partial charge in [-0.05, 0) is 24.3 Å². The number of hydrogen-bond donors (Lipinski definition) is 1. The molecular formula is C11H9NO4. The first kappa shape index (κ1) is 10.5. The van der Waals surface area contributed by atoms with Crippen molar-refractivity contribution in [2.75, 3.05) is 7.11 Å². The van der Waals surface area contributed by atoms with E-state index in [2.05, 4.69) is 4.99 Å². The Morgan fingerprint density at radius 2 is 2.31 bits per heavy atom. The number of aliphatic carboxylic acids is 1. The minimum atomic E-state index is -1.27. The molecule has 16 heavy (non-hydrogen) atoms. The average Bonchev–Trinajstić information content (AvgIpc) is 2.27. The quantitative estimate of drug-likeness (QED) is 0.686. The molecule has 0 aromatic carbocycles. The number of ether oxygens (including phenoxy) is 1. The van der Waals surface area contributed by atoms with Crippen molar-refractivity contribution in [3.63, 3.8) is 0 Å². The minimum absolute atomic E-state index is 0.214. The van der Waals surface area contributed by atoms with E-state index in [1.54, 1.807) is 25.3 Å². The number of carbonyl (C=O) groups excluding carboxylic acids is 1. The number of carbonyl (C=O) groups is 2. The zero-order valence-electron chi connectivity index (χ0n) is 8.51. The molecule has 0 aromatic rings. The van der Waals surface area contributed by atoms with Crippen LogP contribution in [0.1, 0.15) is 0 Å². The molecule has 2 rings (SSSR count). The van der Waals surface area contributed by atoms with Crippen LogP contribution in [0.25, 0.3) is 0 Å². The van der Waals surface area contributed by atoms with Crippen molar-refractivity contribution in [3.8, 4) is 0 Å². The number of aliphatic imine (C=N–C) groups is 1. The Labute approximate surface area is 91.4 Å². The van der Waals surface area contributed by atoms with Crippen LogP contribution in [-0.2, 0) is 14.3 Å². The number of amides is 1. The van der Waals surface area contributed by atoms with Crippen LogP contribution in [0.4, 0.5) is 0 Å². The van der Waals surface area contributed by atoms with E-state index in [0.717, 1.165) is 0 Å². The lowest BCUT2D eigenvalue weighted by Gasteiger charge is -2.17. The van der Waals surface area contributed by atoms with Gasteiger partial charge in [0.05, 0.1) is 11.8 Å². The van der Waals surface area contributed by atoms with E-state index in [-0.39, 0.29) is 11.7 Å². The van der Waals surface area contributed by atoms with Gasteiger partial charge in [-0.3, -0.25) is 4.79 Å². The summed E-state index contributed by atoms with van der Waals surface area (Å²) in [5, 5.41) is 8.79. The standard InChI is InChI=1S/C11H9NO4/c1-16-7-2-3-9-6(4-7)5-8(11(14)15)10(13)12-9/h2-5,7H,1H3,(H,14,15). The summed E-state index contributed by atoms with van der Waals surface area (Å²) in [5.41, 5.74) is 0.759. The molecule has 0 spiro atoms. The normalized spacial score (nSPS) is 23.2. The molecule has 82 valence electrons. The molecule has 0 saturated heterocycles. The van der Waals surface area contributed by atoms with Gasteiger partial charge in [0, 0.05) is 12.7 Å². The van der Waals surface area contributed by atoms with Gasteiger partial charge in [0.2, 0.25) is 0 Å². The number of methoxy groups -OCH3 is 1. The molecule has 5 heteroatoms. The Kier molecular flexibility index (Phi) is 2.54. The topological polar surface area (TPSA) is 76.0 Å². The van der Waals surface area contributed by atoms with Crippen LogP contribution < -0.4 is 0 Å². The smallest absolute Gasteiger partial charge is 0.341 e. The van der Waals surface area contributed by atoms with Crippen molar-refractivity contribution in [2.45, 2.75) is 6.10 Å². The van der Waals surface area contributed by atoms with Crippen molar-refractivity contribution < 1.29 is 19.4 Å². The molecule has 1 aliphatic carbocycles. The zero-order chi connectivity index (χ0) is 11.7. The van der Waals surface area contributed by atoms with Crippen LogP contribution in [0.2, 0.25) is 0 Å². The van der Waals surface area contributed by atoms with Crippen molar-refractivity contribution in [1.29, 1.82) is 0 Å². The van der Waals surface area contributed by atoms with Crippen LogP contribution in [-0.4, -0.2) is 35.9 Å².